The van der Waals surface area contributed by atoms with Crippen LogP contribution in [0.3, 0.4) is 0 Å². The molecule has 0 bridgehead atoms. The Balaban J connectivity index is 1.65. The number of aliphatic hydroxyl groups is 1. The number of pyridine rings is 2. The number of rotatable bonds is 4. The number of fused-ring (bicyclic) bond motifs is 1. The van der Waals surface area contributed by atoms with E-state index in [2.05, 4.69) is 15.3 Å². The highest BCUT2D eigenvalue weighted by molar-refractivity contribution is 5.94. The highest BCUT2D eigenvalue weighted by Crippen LogP contribution is 2.37. The molecule has 6 nitrogen and oxygen atoms in total. The minimum absolute atomic E-state index is 0.173. The van der Waals surface area contributed by atoms with Crippen molar-refractivity contribution in [3.8, 4) is 0 Å². The highest BCUT2D eigenvalue weighted by atomic mass is 16.3. The average Bonchev–Trinajstić information content (AvgIpc) is 2.93. The maximum atomic E-state index is 13.0. The molecule has 1 unspecified atom stereocenters. The van der Waals surface area contributed by atoms with Gasteiger partial charge in [-0.05, 0) is 49.9 Å². The predicted octanol–water partition coefficient (Wildman–Crippen LogP) is 2.28. The molecular weight excluding hydrogens is 316 g/mol. The van der Waals surface area contributed by atoms with E-state index in [4.69, 9.17) is 0 Å². The van der Waals surface area contributed by atoms with Crippen LogP contribution >= 0.6 is 0 Å². The molecule has 1 fully saturated rings. The lowest BCUT2D eigenvalue weighted by Crippen LogP contribution is -2.42. The van der Waals surface area contributed by atoms with Crippen molar-refractivity contribution in [1.82, 2.24) is 19.7 Å². The fourth-order valence-corrected chi connectivity index (χ4v) is 3.49. The fourth-order valence-electron chi connectivity index (χ4n) is 3.49. The van der Waals surface area contributed by atoms with E-state index < -0.39 is 0 Å². The first kappa shape index (κ1) is 15.8. The number of aliphatic hydroxyl groups excluding tert-OH is 1. The topological polar surface area (TPSA) is 79.5 Å². The van der Waals surface area contributed by atoms with E-state index in [0.717, 1.165) is 11.3 Å². The number of carbonyl (C=O) groups is 1. The molecule has 2 N–H and O–H groups in total. The van der Waals surface area contributed by atoms with Crippen LogP contribution < -0.4 is 5.32 Å². The largest absolute Gasteiger partial charge is 0.393 e. The third-order valence-corrected chi connectivity index (χ3v) is 4.83. The zero-order valence-electron chi connectivity index (χ0n) is 14.0. The molecule has 1 amide bonds. The van der Waals surface area contributed by atoms with E-state index in [1.165, 1.54) is 0 Å². The van der Waals surface area contributed by atoms with Gasteiger partial charge < -0.3 is 10.4 Å². The van der Waals surface area contributed by atoms with Gasteiger partial charge in [0, 0.05) is 12.4 Å². The summed E-state index contributed by atoms with van der Waals surface area (Å²) in [5.41, 5.74) is 2.80. The Morgan fingerprint density at radius 3 is 2.80 bits per heavy atom. The number of aryl methyl sites for hydroxylation is 1. The van der Waals surface area contributed by atoms with Crippen LogP contribution in [0, 0.1) is 12.8 Å². The first-order valence-corrected chi connectivity index (χ1v) is 8.47. The van der Waals surface area contributed by atoms with Crippen LogP contribution in [-0.4, -0.2) is 31.5 Å². The molecule has 4 rings (SSSR count). The number of imidazole rings is 1. The summed E-state index contributed by atoms with van der Waals surface area (Å²) in [5.74, 6) is 0.0154. The van der Waals surface area contributed by atoms with Crippen LogP contribution in [0.25, 0.3) is 5.65 Å². The van der Waals surface area contributed by atoms with E-state index in [1.807, 2.05) is 49.5 Å². The second-order valence-corrected chi connectivity index (χ2v) is 6.57. The Morgan fingerprint density at radius 2 is 2.08 bits per heavy atom. The van der Waals surface area contributed by atoms with Crippen molar-refractivity contribution < 1.29 is 9.90 Å². The molecule has 0 radical (unpaired) electrons. The van der Waals surface area contributed by atoms with Crippen LogP contribution in [0.4, 0.5) is 0 Å². The second-order valence-electron chi connectivity index (χ2n) is 6.57. The minimum Gasteiger partial charge on any atom is -0.393 e. The molecule has 0 aromatic carbocycles. The molecule has 1 aliphatic carbocycles. The molecule has 6 heteroatoms. The lowest BCUT2D eigenvalue weighted by atomic mass is 9.76. The zero-order chi connectivity index (χ0) is 17.4. The summed E-state index contributed by atoms with van der Waals surface area (Å²) in [5, 5.41) is 12.8. The maximum Gasteiger partial charge on any atom is 0.270 e. The predicted molar refractivity (Wildman–Crippen MR) is 93.1 cm³/mol. The Hall–Kier alpha value is -2.73. The molecule has 1 saturated carbocycles. The fraction of sp³-hybridized carbons (Fsp3) is 0.316. The summed E-state index contributed by atoms with van der Waals surface area (Å²) in [6.45, 7) is 1.84. The van der Waals surface area contributed by atoms with Crippen molar-refractivity contribution in [2.24, 2.45) is 5.92 Å². The van der Waals surface area contributed by atoms with E-state index in [9.17, 15) is 9.90 Å². The van der Waals surface area contributed by atoms with Gasteiger partial charge in [-0.3, -0.25) is 14.2 Å². The van der Waals surface area contributed by atoms with Crippen LogP contribution in [-0.2, 0) is 0 Å². The van der Waals surface area contributed by atoms with Gasteiger partial charge in [-0.1, -0.05) is 12.1 Å². The number of amides is 1. The lowest BCUT2D eigenvalue weighted by molar-refractivity contribution is 0.0227. The summed E-state index contributed by atoms with van der Waals surface area (Å²) in [6.07, 6.45) is 4.63. The quantitative estimate of drug-likeness (QED) is 0.766. The first-order chi connectivity index (χ1) is 12.1. The van der Waals surface area contributed by atoms with E-state index in [1.54, 1.807) is 10.6 Å². The van der Waals surface area contributed by atoms with Gasteiger partial charge in [0.15, 0.2) is 0 Å². The van der Waals surface area contributed by atoms with Crippen LogP contribution in [0.15, 0.2) is 48.8 Å². The normalized spacial score (nSPS) is 20.9. The minimum atomic E-state index is -0.286. The molecule has 0 aliphatic heterocycles. The van der Waals surface area contributed by atoms with Gasteiger partial charge in [0.25, 0.3) is 5.91 Å². The van der Waals surface area contributed by atoms with Crippen molar-refractivity contribution in [2.75, 3.05) is 0 Å². The monoisotopic (exact) mass is 336 g/mol. The Labute approximate surface area is 145 Å². The van der Waals surface area contributed by atoms with Crippen LogP contribution in [0.2, 0.25) is 0 Å². The van der Waals surface area contributed by atoms with Crippen LogP contribution in [0.1, 0.15) is 40.8 Å². The molecule has 3 aromatic heterocycles. The second kappa shape index (κ2) is 6.29. The smallest absolute Gasteiger partial charge is 0.270 e. The summed E-state index contributed by atoms with van der Waals surface area (Å²) < 4.78 is 1.80. The molecule has 1 aliphatic rings. The van der Waals surface area contributed by atoms with Crippen molar-refractivity contribution in [2.45, 2.75) is 31.9 Å². The number of nitrogens with zero attached hydrogens (tertiary/aromatic N) is 3. The third kappa shape index (κ3) is 2.89. The van der Waals surface area contributed by atoms with Crippen molar-refractivity contribution in [3.63, 3.8) is 0 Å². The number of nitrogens with one attached hydrogen (secondary N) is 1. The van der Waals surface area contributed by atoms with Gasteiger partial charge in [-0.25, -0.2) is 4.98 Å². The summed E-state index contributed by atoms with van der Waals surface area (Å²) in [6, 6.07) is 11.1. The first-order valence-electron chi connectivity index (χ1n) is 8.47. The van der Waals surface area contributed by atoms with Gasteiger partial charge in [-0.15, -0.1) is 0 Å². The Kier molecular flexibility index (Phi) is 3.97. The number of aromatic nitrogens is 3. The summed E-state index contributed by atoms with van der Waals surface area (Å²) in [4.78, 5) is 21.8. The SMILES string of the molecule is Cc1nc2ccccn2c1C(=O)NC(c1ccccn1)C1CC(O)C1. The summed E-state index contributed by atoms with van der Waals surface area (Å²) in [7, 11) is 0. The molecule has 0 saturated heterocycles. The van der Waals surface area contributed by atoms with E-state index in [0.29, 0.717) is 24.2 Å². The Morgan fingerprint density at radius 1 is 1.28 bits per heavy atom. The van der Waals surface area contributed by atoms with Gasteiger partial charge >= 0.3 is 0 Å². The molecule has 128 valence electrons. The van der Waals surface area contributed by atoms with Gasteiger partial charge in [0.05, 0.1) is 23.5 Å². The molecule has 1 atom stereocenters. The van der Waals surface area contributed by atoms with Crippen molar-refractivity contribution in [3.05, 3.63) is 65.9 Å². The molecule has 25 heavy (non-hydrogen) atoms. The highest BCUT2D eigenvalue weighted by Gasteiger charge is 2.37. The van der Waals surface area contributed by atoms with Gasteiger partial charge in [0.2, 0.25) is 0 Å². The standard InChI is InChI=1S/C19H20N4O2/c1-12-18(23-9-5-3-7-16(23)21-12)19(25)22-17(13-10-14(24)11-13)15-6-2-4-8-20-15/h2-9,13-14,17,24H,10-11H2,1H3,(H,22,25). The van der Waals surface area contributed by atoms with Crippen molar-refractivity contribution >= 4 is 11.6 Å². The third-order valence-electron chi connectivity index (χ3n) is 4.83. The molecule has 0 spiro atoms. The lowest BCUT2D eigenvalue weighted by Gasteiger charge is -2.37. The average molecular weight is 336 g/mol. The number of carbonyl (C=O) groups excluding carboxylic acids is 1. The zero-order valence-corrected chi connectivity index (χ0v) is 14.0. The van der Waals surface area contributed by atoms with E-state index >= 15 is 0 Å². The Bertz CT molecular complexity index is 900. The summed E-state index contributed by atoms with van der Waals surface area (Å²) >= 11 is 0. The van der Waals surface area contributed by atoms with Crippen LogP contribution in [0.5, 0.6) is 0 Å². The van der Waals surface area contributed by atoms with Gasteiger partial charge in [0.1, 0.15) is 11.3 Å². The van der Waals surface area contributed by atoms with Crippen molar-refractivity contribution in [1.29, 1.82) is 0 Å². The maximum absolute atomic E-state index is 13.0. The molecule has 3 heterocycles. The van der Waals surface area contributed by atoms with E-state index in [-0.39, 0.29) is 24.0 Å². The van der Waals surface area contributed by atoms with Gasteiger partial charge in [-0.2, -0.15) is 0 Å². The number of hydrogen-bond acceptors (Lipinski definition) is 4. The molecular formula is C19H20N4O2. The number of hydrogen-bond donors (Lipinski definition) is 2. The molecule has 3 aromatic rings.